The molecule has 1 unspecified atom stereocenters. The van der Waals surface area contributed by atoms with Crippen LogP contribution in [0.25, 0.3) is 10.2 Å². The zero-order valence-electron chi connectivity index (χ0n) is 16.6. The lowest BCUT2D eigenvalue weighted by molar-refractivity contribution is 0.428. The van der Waals surface area contributed by atoms with Crippen LogP contribution >= 0.6 is 11.3 Å². The molecule has 1 aromatic carbocycles. The average Bonchev–Trinajstić information content (AvgIpc) is 3.27. The van der Waals surface area contributed by atoms with Crippen LogP contribution in [0.5, 0.6) is 0 Å². The van der Waals surface area contributed by atoms with Crippen molar-refractivity contribution in [3.63, 3.8) is 0 Å². The summed E-state index contributed by atoms with van der Waals surface area (Å²) in [5.74, 6) is 0.660. The van der Waals surface area contributed by atoms with E-state index >= 15 is 0 Å². The summed E-state index contributed by atoms with van der Waals surface area (Å²) in [6.45, 7) is 5.54. The Morgan fingerprint density at radius 3 is 2.68 bits per heavy atom. The molecule has 0 fully saturated rings. The molecule has 1 atom stereocenters. The molecule has 28 heavy (non-hydrogen) atoms. The SMILES string of the molecule is CC(C)CNC1CCc2c(sc3ncn(C4Cc5ccccc5C4)c(=O)c23)C1. The molecule has 0 bridgehead atoms. The fourth-order valence-electron chi connectivity index (χ4n) is 4.75. The summed E-state index contributed by atoms with van der Waals surface area (Å²) in [7, 11) is 0. The quantitative estimate of drug-likeness (QED) is 0.731. The first-order chi connectivity index (χ1) is 13.6. The maximum Gasteiger partial charge on any atom is 0.262 e. The number of thiophene rings is 1. The van der Waals surface area contributed by atoms with E-state index in [9.17, 15) is 4.79 Å². The predicted octanol–water partition coefficient (Wildman–Crippen LogP) is 3.90. The molecule has 5 rings (SSSR count). The topological polar surface area (TPSA) is 46.9 Å². The molecule has 0 radical (unpaired) electrons. The molecule has 5 heteroatoms. The summed E-state index contributed by atoms with van der Waals surface area (Å²) in [6, 6.07) is 9.26. The highest BCUT2D eigenvalue weighted by molar-refractivity contribution is 7.18. The van der Waals surface area contributed by atoms with Gasteiger partial charge in [0.1, 0.15) is 4.83 Å². The van der Waals surface area contributed by atoms with Gasteiger partial charge in [-0.15, -0.1) is 11.3 Å². The van der Waals surface area contributed by atoms with Gasteiger partial charge < -0.3 is 5.32 Å². The summed E-state index contributed by atoms with van der Waals surface area (Å²) < 4.78 is 1.90. The van der Waals surface area contributed by atoms with Crippen LogP contribution < -0.4 is 10.9 Å². The molecule has 4 nitrogen and oxygen atoms in total. The Hall–Kier alpha value is -1.98. The molecule has 0 aliphatic heterocycles. The van der Waals surface area contributed by atoms with E-state index in [-0.39, 0.29) is 11.6 Å². The van der Waals surface area contributed by atoms with E-state index in [0.717, 1.165) is 48.9 Å². The van der Waals surface area contributed by atoms with E-state index in [1.54, 1.807) is 17.7 Å². The number of aromatic nitrogens is 2. The van der Waals surface area contributed by atoms with E-state index < -0.39 is 0 Å². The Kier molecular flexibility index (Phi) is 4.60. The third kappa shape index (κ3) is 3.11. The van der Waals surface area contributed by atoms with Crippen molar-refractivity contribution < 1.29 is 0 Å². The Labute approximate surface area is 169 Å². The minimum Gasteiger partial charge on any atom is -0.313 e. The Bertz CT molecular complexity index is 1060. The number of benzene rings is 1. The minimum absolute atomic E-state index is 0.161. The highest BCUT2D eigenvalue weighted by Gasteiger charge is 2.28. The number of fused-ring (bicyclic) bond motifs is 4. The van der Waals surface area contributed by atoms with Gasteiger partial charge in [-0.1, -0.05) is 38.1 Å². The summed E-state index contributed by atoms with van der Waals surface area (Å²) in [5, 5.41) is 4.58. The number of nitrogens with one attached hydrogen (secondary N) is 1. The maximum atomic E-state index is 13.4. The van der Waals surface area contributed by atoms with Crippen molar-refractivity contribution in [2.24, 2.45) is 5.92 Å². The van der Waals surface area contributed by atoms with Crippen LogP contribution in [0.4, 0.5) is 0 Å². The van der Waals surface area contributed by atoms with Crippen molar-refractivity contribution in [1.82, 2.24) is 14.9 Å². The largest absolute Gasteiger partial charge is 0.313 e. The van der Waals surface area contributed by atoms with Crippen LogP contribution in [0.1, 0.15) is 47.9 Å². The van der Waals surface area contributed by atoms with Gasteiger partial charge in [0.15, 0.2) is 0 Å². The van der Waals surface area contributed by atoms with E-state index in [0.29, 0.717) is 12.0 Å². The summed E-state index contributed by atoms with van der Waals surface area (Å²) >= 11 is 1.73. The molecular weight excluding hydrogens is 366 g/mol. The number of hydrogen-bond donors (Lipinski definition) is 1. The highest BCUT2D eigenvalue weighted by Crippen LogP contribution is 2.35. The van der Waals surface area contributed by atoms with Gasteiger partial charge in [-0.3, -0.25) is 9.36 Å². The second kappa shape index (κ2) is 7.12. The van der Waals surface area contributed by atoms with Gasteiger partial charge in [-0.2, -0.15) is 0 Å². The first kappa shape index (κ1) is 18.1. The zero-order valence-corrected chi connectivity index (χ0v) is 17.4. The summed E-state index contributed by atoms with van der Waals surface area (Å²) in [6.07, 6.45) is 6.76. The van der Waals surface area contributed by atoms with E-state index in [1.165, 1.54) is 21.6 Å². The standard InChI is InChI=1S/C23H27N3OS/c1-14(2)12-24-17-7-8-19-20(11-17)28-22-21(19)23(27)26(13-25-22)18-9-15-5-3-4-6-16(15)10-18/h3-6,13-14,17-18,24H,7-12H2,1-2H3. The number of aryl methyl sites for hydroxylation is 1. The normalized spacial score (nSPS) is 19.3. The predicted molar refractivity (Wildman–Crippen MR) is 115 cm³/mol. The van der Waals surface area contributed by atoms with Crippen LogP contribution in [-0.2, 0) is 25.7 Å². The fraction of sp³-hybridized carbons (Fsp3) is 0.478. The molecule has 0 saturated carbocycles. The molecule has 0 amide bonds. The third-order valence-electron chi connectivity index (χ3n) is 6.23. The monoisotopic (exact) mass is 393 g/mol. The average molecular weight is 394 g/mol. The van der Waals surface area contributed by atoms with E-state index in [1.807, 2.05) is 4.57 Å². The lowest BCUT2D eigenvalue weighted by Gasteiger charge is -2.24. The van der Waals surface area contributed by atoms with Gasteiger partial charge in [0.05, 0.1) is 11.7 Å². The molecule has 2 aromatic heterocycles. The van der Waals surface area contributed by atoms with Crippen molar-refractivity contribution in [2.75, 3.05) is 6.54 Å². The fourth-order valence-corrected chi connectivity index (χ4v) is 6.01. The minimum atomic E-state index is 0.161. The second-order valence-corrected chi connectivity index (χ2v) is 9.80. The molecule has 1 N–H and O–H groups in total. The Morgan fingerprint density at radius 1 is 1.21 bits per heavy atom. The third-order valence-corrected chi connectivity index (χ3v) is 7.39. The van der Waals surface area contributed by atoms with Gasteiger partial charge in [0.25, 0.3) is 5.56 Å². The molecule has 0 spiro atoms. The molecule has 2 aliphatic rings. The van der Waals surface area contributed by atoms with Crippen LogP contribution in [0.2, 0.25) is 0 Å². The Balaban J connectivity index is 1.46. The first-order valence-corrected chi connectivity index (χ1v) is 11.2. The van der Waals surface area contributed by atoms with Crippen molar-refractivity contribution in [2.45, 2.75) is 58.0 Å². The molecule has 0 saturated heterocycles. The van der Waals surface area contributed by atoms with Gasteiger partial charge >= 0.3 is 0 Å². The molecule has 3 aromatic rings. The first-order valence-electron chi connectivity index (χ1n) is 10.4. The number of rotatable bonds is 4. The molecule has 2 heterocycles. The van der Waals surface area contributed by atoms with E-state index in [2.05, 4.69) is 43.4 Å². The number of nitrogens with zero attached hydrogens (tertiary/aromatic N) is 2. The van der Waals surface area contributed by atoms with E-state index in [4.69, 9.17) is 4.98 Å². The Morgan fingerprint density at radius 2 is 1.96 bits per heavy atom. The zero-order chi connectivity index (χ0) is 19.3. The maximum absolute atomic E-state index is 13.4. The number of hydrogen-bond acceptors (Lipinski definition) is 4. The van der Waals surface area contributed by atoms with Gasteiger partial charge in [0, 0.05) is 17.0 Å². The van der Waals surface area contributed by atoms with Crippen molar-refractivity contribution in [3.05, 3.63) is 62.5 Å². The summed E-state index contributed by atoms with van der Waals surface area (Å²) in [5.41, 5.74) is 4.16. The van der Waals surface area contributed by atoms with Gasteiger partial charge in [-0.25, -0.2) is 4.98 Å². The van der Waals surface area contributed by atoms with Crippen molar-refractivity contribution in [3.8, 4) is 0 Å². The van der Waals surface area contributed by atoms with Gasteiger partial charge in [-0.05, 0) is 61.3 Å². The second-order valence-electron chi connectivity index (χ2n) is 8.71. The summed E-state index contributed by atoms with van der Waals surface area (Å²) in [4.78, 5) is 20.4. The van der Waals surface area contributed by atoms with Crippen LogP contribution in [0, 0.1) is 5.92 Å². The van der Waals surface area contributed by atoms with Crippen LogP contribution in [0.3, 0.4) is 0 Å². The van der Waals surface area contributed by atoms with Crippen molar-refractivity contribution >= 4 is 21.6 Å². The lowest BCUT2D eigenvalue weighted by Crippen LogP contribution is -2.36. The lowest BCUT2D eigenvalue weighted by atomic mass is 9.93. The van der Waals surface area contributed by atoms with Gasteiger partial charge in [0.2, 0.25) is 0 Å². The highest BCUT2D eigenvalue weighted by atomic mass is 32.1. The smallest absolute Gasteiger partial charge is 0.262 e. The molecule has 146 valence electrons. The molecular formula is C23H27N3OS. The molecule has 2 aliphatic carbocycles. The van der Waals surface area contributed by atoms with Crippen LogP contribution in [-0.4, -0.2) is 22.1 Å². The van der Waals surface area contributed by atoms with Crippen molar-refractivity contribution in [1.29, 1.82) is 0 Å². The van der Waals surface area contributed by atoms with Crippen LogP contribution in [0.15, 0.2) is 35.4 Å².